The molecule has 29 heavy (non-hydrogen) atoms. The first-order valence-corrected chi connectivity index (χ1v) is 9.50. The fourth-order valence-corrected chi connectivity index (χ4v) is 3.55. The number of H-pyrrole nitrogens is 1. The number of carbonyl (C=O) groups excluding carboxylic acids is 1. The SMILES string of the molecule is O=C(Cc1c[nH]c2ccccc12)Nc1cnn(C[C@H]2COc3ccccc3O2)c1. The molecule has 0 saturated carbocycles. The summed E-state index contributed by atoms with van der Waals surface area (Å²) < 4.78 is 13.4. The summed E-state index contributed by atoms with van der Waals surface area (Å²) in [6.07, 6.45) is 5.48. The molecule has 0 saturated heterocycles. The van der Waals surface area contributed by atoms with Gasteiger partial charge in [0.1, 0.15) is 6.61 Å². The zero-order valence-electron chi connectivity index (χ0n) is 15.7. The predicted molar refractivity (Wildman–Crippen MR) is 109 cm³/mol. The maximum Gasteiger partial charge on any atom is 0.228 e. The largest absolute Gasteiger partial charge is 0.486 e. The fraction of sp³-hybridized carbons (Fsp3) is 0.182. The second-order valence-corrected chi connectivity index (χ2v) is 7.03. The van der Waals surface area contributed by atoms with Crippen LogP contribution in [0.3, 0.4) is 0 Å². The number of nitrogens with one attached hydrogen (secondary N) is 2. The normalized spacial score (nSPS) is 15.4. The van der Waals surface area contributed by atoms with Gasteiger partial charge in [0.25, 0.3) is 0 Å². The molecule has 0 radical (unpaired) electrons. The van der Waals surface area contributed by atoms with Gasteiger partial charge in [0.05, 0.1) is 24.8 Å². The number of benzene rings is 2. The zero-order chi connectivity index (χ0) is 19.6. The average Bonchev–Trinajstić information content (AvgIpc) is 3.35. The van der Waals surface area contributed by atoms with Crippen LogP contribution in [-0.4, -0.2) is 33.4 Å². The van der Waals surface area contributed by atoms with Crippen molar-refractivity contribution in [1.82, 2.24) is 14.8 Å². The summed E-state index contributed by atoms with van der Waals surface area (Å²) in [5.74, 6) is 1.41. The van der Waals surface area contributed by atoms with E-state index in [1.165, 1.54) is 0 Å². The van der Waals surface area contributed by atoms with E-state index in [0.29, 0.717) is 25.3 Å². The predicted octanol–water partition coefficient (Wildman–Crippen LogP) is 3.39. The Morgan fingerprint density at radius 2 is 2.00 bits per heavy atom. The lowest BCUT2D eigenvalue weighted by Crippen LogP contribution is -2.33. The number of aromatic nitrogens is 3. The molecular weight excluding hydrogens is 368 g/mol. The third-order valence-corrected chi connectivity index (χ3v) is 4.90. The van der Waals surface area contributed by atoms with Crippen molar-refractivity contribution >= 4 is 22.5 Å². The standard InChI is InChI=1S/C22H20N4O3/c27-22(9-15-10-23-19-6-2-1-5-18(15)19)25-16-11-24-26(12-16)13-17-14-28-20-7-3-4-8-21(20)29-17/h1-8,10-12,17,23H,9,13-14H2,(H,25,27)/t17-/m0/s1. The minimum absolute atomic E-state index is 0.0829. The molecule has 5 rings (SSSR count). The summed E-state index contributed by atoms with van der Waals surface area (Å²) in [7, 11) is 0. The van der Waals surface area contributed by atoms with Crippen molar-refractivity contribution in [2.75, 3.05) is 11.9 Å². The van der Waals surface area contributed by atoms with Crippen molar-refractivity contribution in [3.05, 3.63) is 72.7 Å². The lowest BCUT2D eigenvalue weighted by molar-refractivity contribution is -0.115. The molecule has 2 aromatic carbocycles. The van der Waals surface area contributed by atoms with Gasteiger partial charge in [-0.2, -0.15) is 5.10 Å². The molecule has 1 aliphatic heterocycles. The van der Waals surface area contributed by atoms with Gasteiger partial charge in [0.2, 0.25) is 5.91 Å². The molecule has 0 bridgehead atoms. The maximum absolute atomic E-state index is 12.5. The number of ether oxygens (including phenoxy) is 2. The number of nitrogens with zero attached hydrogens (tertiary/aromatic N) is 2. The zero-order valence-corrected chi connectivity index (χ0v) is 15.7. The average molecular weight is 388 g/mol. The molecule has 3 heterocycles. The van der Waals surface area contributed by atoms with E-state index < -0.39 is 0 Å². The number of aromatic amines is 1. The van der Waals surface area contributed by atoms with Crippen LogP contribution in [0, 0.1) is 0 Å². The van der Waals surface area contributed by atoms with Crippen LogP contribution in [0.25, 0.3) is 10.9 Å². The molecule has 0 aliphatic carbocycles. The van der Waals surface area contributed by atoms with E-state index in [1.807, 2.05) is 54.7 Å². The van der Waals surface area contributed by atoms with Crippen LogP contribution in [0.5, 0.6) is 11.5 Å². The topological polar surface area (TPSA) is 81.2 Å². The van der Waals surface area contributed by atoms with E-state index in [0.717, 1.165) is 28.0 Å². The number of rotatable bonds is 5. The minimum Gasteiger partial charge on any atom is -0.486 e. The summed E-state index contributed by atoms with van der Waals surface area (Å²) in [6.45, 7) is 0.992. The molecule has 0 fully saturated rings. The maximum atomic E-state index is 12.5. The highest BCUT2D eigenvalue weighted by molar-refractivity contribution is 5.95. The Balaban J connectivity index is 1.20. The summed E-state index contributed by atoms with van der Waals surface area (Å²) in [4.78, 5) is 15.6. The van der Waals surface area contributed by atoms with Crippen molar-refractivity contribution in [2.45, 2.75) is 19.1 Å². The van der Waals surface area contributed by atoms with Gasteiger partial charge in [-0.25, -0.2) is 0 Å². The number of carbonyl (C=O) groups is 1. The van der Waals surface area contributed by atoms with Gasteiger partial charge in [-0.05, 0) is 23.8 Å². The summed E-state index contributed by atoms with van der Waals surface area (Å²) in [5.41, 5.74) is 2.66. The van der Waals surface area contributed by atoms with Crippen LogP contribution in [-0.2, 0) is 17.8 Å². The Morgan fingerprint density at radius 3 is 2.93 bits per heavy atom. The van der Waals surface area contributed by atoms with Crippen LogP contribution in [0.2, 0.25) is 0 Å². The van der Waals surface area contributed by atoms with Crippen LogP contribution in [0.15, 0.2) is 67.1 Å². The molecule has 1 aliphatic rings. The second kappa shape index (κ2) is 7.35. The Bertz CT molecular complexity index is 1160. The number of para-hydroxylation sites is 3. The van der Waals surface area contributed by atoms with Crippen LogP contribution in [0.1, 0.15) is 5.56 Å². The molecule has 7 heteroatoms. The molecule has 2 N–H and O–H groups in total. The molecule has 7 nitrogen and oxygen atoms in total. The highest BCUT2D eigenvalue weighted by Gasteiger charge is 2.21. The van der Waals surface area contributed by atoms with Crippen molar-refractivity contribution in [2.24, 2.45) is 0 Å². The van der Waals surface area contributed by atoms with Gasteiger partial charge < -0.3 is 19.8 Å². The van der Waals surface area contributed by atoms with Gasteiger partial charge in [0, 0.05) is 23.3 Å². The first kappa shape index (κ1) is 17.4. The lowest BCUT2D eigenvalue weighted by Gasteiger charge is -2.26. The quantitative estimate of drug-likeness (QED) is 0.549. The highest BCUT2D eigenvalue weighted by atomic mass is 16.6. The molecule has 2 aromatic heterocycles. The Kier molecular flexibility index (Phi) is 4.40. The first-order chi connectivity index (χ1) is 14.2. The van der Waals surface area contributed by atoms with E-state index in [1.54, 1.807) is 17.1 Å². The Morgan fingerprint density at radius 1 is 1.17 bits per heavy atom. The smallest absolute Gasteiger partial charge is 0.228 e. The van der Waals surface area contributed by atoms with E-state index in [9.17, 15) is 4.79 Å². The van der Waals surface area contributed by atoms with Crippen LogP contribution in [0.4, 0.5) is 5.69 Å². The van der Waals surface area contributed by atoms with Crippen LogP contribution >= 0.6 is 0 Å². The fourth-order valence-electron chi connectivity index (χ4n) is 3.55. The third-order valence-electron chi connectivity index (χ3n) is 4.90. The van der Waals surface area contributed by atoms with Crippen molar-refractivity contribution in [3.8, 4) is 11.5 Å². The van der Waals surface area contributed by atoms with E-state index in [2.05, 4.69) is 15.4 Å². The molecule has 1 amide bonds. The lowest BCUT2D eigenvalue weighted by atomic mass is 10.1. The third kappa shape index (κ3) is 3.67. The summed E-state index contributed by atoms with van der Waals surface area (Å²) in [5, 5.41) is 8.30. The Hall–Kier alpha value is -3.74. The number of anilines is 1. The number of hydrogen-bond acceptors (Lipinski definition) is 4. The van der Waals surface area contributed by atoms with Gasteiger partial charge in [-0.15, -0.1) is 0 Å². The molecule has 0 spiro atoms. The van der Waals surface area contributed by atoms with Gasteiger partial charge in [0.15, 0.2) is 17.6 Å². The highest BCUT2D eigenvalue weighted by Crippen LogP contribution is 2.31. The second-order valence-electron chi connectivity index (χ2n) is 7.03. The summed E-state index contributed by atoms with van der Waals surface area (Å²) in [6, 6.07) is 15.6. The van der Waals surface area contributed by atoms with Crippen molar-refractivity contribution < 1.29 is 14.3 Å². The molecule has 4 aromatic rings. The number of fused-ring (bicyclic) bond motifs is 2. The monoisotopic (exact) mass is 388 g/mol. The van der Waals surface area contributed by atoms with Gasteiger partial charge in [-0.1, -0.05) is 30.3 Å². The van der Waals surface area contributed by atoms with E-state index in [-0.39, 0.29) is 12.0 Å². The molecule has 1 atom stereocenters. The Labute approximate surface area is 167 Å². The van der Waals surface area contributed by atoms with Gasteiger partial charge >= 0.3 is 0 Å². The molecular formula is C22H20N4O3. The van der Waals surface area contributed by atoms with Gasteiger partial charge in [-0.3, -0.25) is 9.48 Å². The van der Waals surface area contributed by atoms with Crippen LogP contribution < -0.4 is 14.8 Å². The molecule has 0 unspecified atom stereocenters. The number of amides is 1. The minimum atomic E-state index is -0.139. The molecule has 146 valence electrons. The van der Waals surface area contributed by atoms with Crippen molar-refractivity contribution in [3.63, 3.8) is 0 Å². The van der Waals surface area contributed by atoms with Crippen molar-refractivity contribution in [1.29, 1.82) is 0 Å². The van der Waals surface area contributed by atoms with E-state index in [4.69, 9.17) is 9.47 Å². The first-order valence-electron chi connectivity index (χ1n) is 9.50. The summed E-state index contributed by atoms with van der Waals surface area (Å²) >= 11 is 0. The van der Waals surface area contributed by atoms with E-state index >= 15 is 0 Å². The number of hydrogen-bond donors (Lipinski definition) is 2.